The molecule has 2 atom stereocenters. The second-order valence-electron chi connectivity index (χ2n) is 14.0. The minimum absolute atomic E-state index is 0.0856. The van der Waals surface area contributed by atoms with Gasteiger partial charge >= 0.3 is 11.9 Å². The Labute approximate surface area is 381 Å². The van der Waals surface area contributed by atoms with E-state index in [1.54, 1.807) is 0 Å². The van der Waals surface area contributed by atoms with Crippen LogP contribution in [0.15, 0.2) is 0 Å². The number of carbonyl (C=O) groups excluding carboxylic acids is 5. The van der Waals surface area contributed by atoms with Gasteiger partial charge in [0, 0.05) is 38.9 Å². The molecule has 0 aliphatic heterocycles. The Morgan fingerprint density at radius 2 is 1.00 bits per heavy atom. The SMILES string of the molecule is CC.CNC(CCC(=O)NCCOCCOCC(=O)NCCOCCOCC(=O)NCCCCC(NS)C(=O)S)C(=O)O.O=CCCCCCCCCCCCCCCC(=O)O. The van der Waals surface area contributed by atoms with E-state index in [9.17, 15) is 33.6 Å². The molecule has 0 radical (unpaired) electrons. The highest BCUT2D eigenvalue weighted by atomic mass is 32.1. The van der Waals surface area contributed by atoms with Crippen LogP contribution in [0.25, 0.3) is 0 Å². The highest BCUT2D eigenvalue weighted by Gasteiger charge is 2.16. The van der Waals surface area contributed by atoms with Gasteiger partial charge in [-0.05, 0) is 45.6 Å². The molecule has 364 valence electrons. The molecule has 0 fully saturated rings. The molecule has 0 rings (SSSR count). The predicted octanol–water partition coefficient (Wildman–Crippen LogP) is 4.04. The number of carboxylic acids is 2. The summed E-state index contributed by atoms with van der Waals surface area (Å²) in [5.74, 6) is -2.47. The molecule has 0 saturated carbocycles. The number of carboxylic acid groups (broad SMARTS) is 2. The van der Waals surface area contributed by atoms with Gasteiger partial charge in [0.15, 0.2) is 0 Å². The minimum atomic E-state index is -1.00. The number of rotatable bonds is 43. The van der Waals surface area contributed by atoms with Gasteiger partial charge < -0.3 is 55.2 Å². The molecule has 0 aromatic heterocycles. The Balaban J connectivity index is -0.00000138. The number of ether oxygens (including phenoxy) is 4. The van der Waals surface area contributed by atoms with Crippen molar-refractivity contribution in [1.29, 1.82) is 0 Å². The number of aliphatic carboxylic acids is 2. The fourth-order valence-corrected chi connectivity index (χ4v) is 5.91. The van der Waals surface area contributed by atoms with Crippen molar-refractivity contribution in [2.45, 2.75) is 148 Å². The molecule has 0 aliphatic rings. The first-order valence-corrected chi connectivity index (χ1v) is 23.2. The van der Waals surface area contributed by atoms with Crippen molar-refractivity contribution in [2.24, 2.45) is 0 Å². The predicted molar refractivity (Wildman–Crippen MR) is 245 cm³/mol. The molecule has 62 heavy (non-hydrogen) atoms. The molecule has 0 saturated heterocycles. The number of thiol groups is 2. The van der Waals surface area contributed by atoms with Crippen LogP contribution in [-0.4, -0.2) is 143 Å². The maximum absolute atomic E-state index is 11.7. The summed E-state index contributed by atoms with van der Waals surface area (Å²) in [5, 5.41) is 27.8. The third-order valence-electron chi connectivity index (χ3n) is 8.81. The molecule has 20 heteroatoms. The van der Waals surface area contributed by atoms with Gasteiger partial charge in [-0.3, -0.25) is 33.5 Å². The maximum atomic E-state index is 11.7. The zero-order valence-electron chi connectivity index (χ0n) is 37.7. The van der Waals surface area contributed by atoms with Crippen LogP contribution in [0.3, 0.4) is 0 Å². The third kappa shape index (κ3) is 49.8. The van der Waals surface area contributed by atoms with Crippen LogP contribution in [-0.2, 0) is 52.5 Å². The molecular weight excluding hydrogens is 847 g/mol. The zero-order valence-corrected chi connectivity index (χ0v) is 39.5. The molecule has 0 heterocycles. The van der Waals surface area contributed by atoms with Crippen molar-refractivity contribution >= 4 is 66.5 Å². The Hall–Kier alpha value is -2.85. The van der Waals surface area contributed by atoms with Gasteiger partial charge in [0.1, 0.15) is 25.5 Å². The first-order valence-electron chi connectivity index (χ1n) is 22.3. The van der Waals surface area contributed by atoms with Crippen LogP contribution in [0.4, 0.5) is 0 Å². The first kappa shape index (κ1) is 63.4. The van der Waals surface area contributed by atoms with E-state index in [0.717, 1.165) is 38.4 Å². The molecule has 2 unspecified atom stereocenters. The first-order chi connectivity index (χ1) is 30.0. The Kier molecular flexibility index (Phi) is 52.0. The van der Waals surface area contributed by atoms with Crippen molar-refractivity contribution in [1.82, 2.24) is 26.0 Å². The smallest absolute Gasteiger partial charge is 0.320 e. The number of aldehydes is 1. The highest BCUT2D eigenvalue weighted by Crippen LogP contribution is 2.13. The lowest BCUT2D eigenvalue weighted by Gasteiger charge is -2.11. The molecule has 3 amide bonds. The zero-order chi connectivity index (χ0) is 46.9. The summed E-state index contributed by atoms with van der Waals surface area (Å²) in [6.45, 7) is 6.33. The lowest BCUT2D eigenvalue weighted by molar-refractivity contribution is -0.140. The minimum Gasteiger partial charge on any atom is -0.481 e. The second-order valence-corrected chi connectivity index (χ2v) is 14.7. The van der Waals surface area contributed by atoms with Gasteiger partial charge in [-0.15, -0.1) is 12.6 Å². The van der Waals surface area contributed by atoms with E-state index in [4.69, 9.17) is 29.2 Å². The van der Waals surface area contributed by atoms with Gasteiger partial charge in [0.05, 0.1) is 45.7 Å². The van der Waals surface area contributed by atoms with Crippen LogP contribution < -0.4 is 26.0 Å². The van der Waals surface area contributed by atoms with E-state index in [2.05, 4.69) is 51.4 Å². The molecule has 0 bridgehead atoms. The lowest BCUT2D eigenvalue weighted by Crippen LogP contribution is -2.36. The van der Waals surface area contributed by atoms with Crippen LogP contribution >= 0.6 is 25.4 Å². The van der Waals surface area contributed by atoms with E-state index in [-0.39, 0.29) is 95.1 Å². The Bertz CT molecular complexity index is 1130. The van der Waals surface area contributed by atoms with Crippen molar-refractivity contribution in [3.63, 3.8) is 0 Å². The average Bonchev–Trinajstić information content (AvgIpc) is 3.24. The molecule has 0 aliphatic carbocycles. The van der Waals surface area contributed by atoms with E-state index < -0.39 is 24.0 Å². The highest BCUT2D eigenvalue weighted by molar-refractivity contribution is 7.96. The Morgan fingerprint density at radius 3 is 1.44 bits per heavy atom. The fourth-order valence-electron chi connectivity index (χ4n) is 5.37. The molecule has 7 N–H and O–H groups in total. The number of carbonyl (C=O) groups is 7. The number of unbranched alkanes of at least 4 members (excludes halogenated alkanes) is 13. The summed E-state index contributed by atoms with van der Waals surface area (Å²) < 4.78 is 23.7. The Morgan fingerprint density at radius 1 is 0.548 bits per heavy atom. The lowest BCUT2D eigenvalue weighted by atomic mass is 10.0. The molecular formula is C42H81N5O13S2. The molecule has 0 aromatic rings. The van der Waals surface area contributed by atoms with Crippen LogP contribution in [0, 0.1) is 0 Å². The van der Waals surface area contributed by atoms with E-state index >= 15 is 0 Å². The summed E-state index contributed by atoms with van der Waals surface area (Å²) in [6, 6.07) is -1.17. The summed E-state index contributed by atoms with van der Waals surface area (Å²) in [7, 11) is 1.53. The maximum Gasteiger partial charge on any atom is 0.320 e. The number of hydrogen-bond donors (Lipinski definition) is 9. The van der Waals surface area contributed by atoms with Crippen molar-refractivity contribution in [3.8, 4) is 0 Å². The monoisotopic (exact) mass is 928 g/mol. The van der Waals surface area contributed by atoms with Gasteiger partial charge in [-0.25, -0.2) is 0 Å². The van der Waals surface area contributed by atoms with Crippen LogP contribution in [0.2, 0.25) is 0 Å². The van der Waals surface area contributed by atoms with Crippen molar-refractivity contribution in [3.05, 3.63) is 0 Å². The summed E-state index contributed by atoms with van der Waals surface area (Å²) >= 11 is 7.64. The normalized spacial score (nSPS) is 11.5. The van der Waals surface area contributed by atoms with E-state index in [0.29, 0.717) is 32.4 Å². The third-order valence-corrected chi connectivity index (χ3v) is 9.44. The summed E-state index contributed by atoms with van der Waals surface area (Å²) in [5.41, 5.74) is 0. The molecule has 18 nitrogen and oxygen atoms in total. The van der Waals surface area contributed by atoms with Crippen molar-refractivity contribution in [2.75, 3.05) is 79.5 Å². The van der Waals surface area contributed by atoms with Crippen LogP contribution in [0.1, 0.15) is 136 Å². The molecule has 0 aromatic carbocycles. The van der Waals surface area contributed by atoms with Gasteiger partial charge in [0.25, 0.3) is 0 Å². The van der Waals surface area contributed by atoms with Crippen LogP contribution in [0.5, 0.6) is 0 Å². The van der Waals surface area contributed by atoms with Gasteiger partial charge in [0.2, 0.25) is 22.8 Å². The van der Waals surface area contributed by atoms with Gasteiger partial charge in [-0.1, -0.05) is 90.9 Å². The van der Waals surface area contributed by atoms with Gasteiger partial charge in [-0.2, -0.15) is 0 Å². The molecule has 0 spiro atoms. The standard InChI is InChI=1S/C24H45N5O10S2.C16H30O3.C2H6/c1-25-18(23(33)34)5-6-20(30)27-8-10-36-12-15-39-17-22(32)28-9-11-37-13-14-38-16-21(31)26-7-3-2-4-19(29-41)24(35)40;17-15-13-11-9-7-5-3-1-2-4-6-8-10-12-14-16(18)19;1-2/h18-19,25,29,41H,2-17H2,1H3,(H,26,31)(H,27,30)(H,28,32)(H,33,34)(H,35,40);15H,1-14H2,(H,18,19);1-2H3. The number of hydrogen-bond acceptors (Lipinski definition) is 14. The second kappa shape index (κ2) is 50.8. The summed E-state index contributed by atoms with van der Waals surface area (Å²) in [4.78, 5) is 77.6. The number of nitrogens with one attached hydrogen (secondary N) is 5. The van der Waals surface area contributed by atoms with Crippen molar-refractivity contribution < 1.29 is 62.7 Å². The number of amides is 3. The van der Waals surface area contributed by atoms with E-state index in [1.807, 2.05) is 13.8 Å². The number of likely N-dealkylation sites (N-methyl/N-ethyl adjacent to an activating group) is 1. The average molecular weight is 928 g/mol. The fraction of sp³-hybridized carbons (Fsp3) is 0.833. The topological polar surface area (TPSA) is 257 Å². The largest absolute Gasteiger partial charge is 0.481 e. The van der Waals surface area contributed by atoms with E-state index in [1.165, 1.54) is 64.8 Å². The summed E-state index contributed by atoms with van der Waals surface area (Å²) in [6.07, 6.45) is 18.8. The quantitative estimate of drug-likeness (QED) is 0.0238.